The number of carboxylic acids is 1. The fraction of sp³-hybridized carbons (Fsp3) is 0.625. The highest BCUT2D eigenvalue weighted by Gasteiger charge is 2.49. The van der Waals surface area contributed by atoms with Crippen molar-refractivity contribution in [2.24, 2.45) is 5.41 Å². The van der Waals surface area contributed by atoms with Crippen molar-refractivity contribution in [2.45, 2.75) is 38.2 Å². The number of aromatic carboxylic acids is 1. The summed E-state index contributed by atoms with van der Waals surface area (Å²) in [5, 5.41) is 21.4. The van der Waals surface area contributed by atoms with Gasteiger partial charge in [0.2, 0.25) is 0 Å². The van der Waals surface area contributed by atoms with E-state index >= 15 is 0 Å². The van der Waals surface area contributed by atoms with E-state index in [4.69, 9.17) is 9.84 Å². The molecule has 1 amide bonds. The Bertz CT molecular complexity index is 614. The number of aliphatic hydroxyl groups is 1. The molecule has 1 aliphatic carbocycles. The zero-order valence-electron chi connectivity index (χ0n) is 13.1. The maximum absolute atomic E-state index is 12.4. The van der Waals surface area contributed by atoms with Crippen molar-refractivity contribution < 1.29 is 24.5 Å². The van der Waals surface area contributed by atoms with Crippen LogP contribution in [0, 0.1) is 12.3 Å². The highest BCUT2D eigenvalue weighted by atomic mass is 32.1. The van der Waals surface area contributed by atoms with Gasteiger partial charge in [-0.1, -0.05) is 0 Å². The van der Waals surface area contributed by atoms with E-state index in [9.17, 15) is 14.7 Å². The SMILES string of the molecule is Cc1sc(C(=O)O)cc1C(=O)NCC12CCC(CO)(CC1)OC2. The number of carboxylic acid groups (broad SMARTS) is 1. The van der Waals surface area contributed by atoms with Crippen molar-refractivity contribution in [3.63, 3.8) is 0 Å². The van der Waals surface area contributed by atoms with E-state index in [2.05, 4.69) is 5.32 Å². The van der Waals surface area contributed by atoms with Crippen molar-refractivity contribution in [3.05, 3.63) is 21.4 Å². The smallest absolute Gasteiger partial charge is 0.345 e. The normalized spacial score (nSPS) is 29.5. The Hall–Kier alpha value is -1.44. The summed E-state index contributed by atoms with van der Waals surface area (Å²) < 4.78 is 5.84. The summed E-state index contributed by atoms with van der Waals surface area (Å²) in [4.78, 5) is 24.2. The molecule has 0 spiro atoms. The van der Waals surface area contributed by atoms with Gasteiger partial charge in [-0.05, 0) is 38.7 Å². The molecule has 0 atom stereocenters. The molecule has 0 unspecified atom stereocenters. The van der Waals surface area contributed by atoms with Crippen molar-refractivity contribution >= 4 is 23.2 Å². The summed E-state index contributed by atoms with van der Waals surface area (Å²) >= 11 is 1.11. The Kier molecular flexibility index (Phi) is 4.20. The Labute approximate surface area is 138 Å². The largest absolute Gasteiger partial charge is 0.477 e. The summed E-state index contributed by atoms with van der Waals surface area (Å²) in [6.45, 7) is 2.88. The van der Waals surface area contributed by atoms with Gasteiger partial charge in [-0.25, -0.2) is 4.79 Å². The molecule has 3 N–H and O–H groups in total. The molecule has 2 aliphatic heterocycles. The number of carbonyl (C=O) groups is 2. The average molecular weight is 339 g/mol. The van der Waals surface area contributed by atoms with E-state index in [0.29, 0.717) is 23.6 Å². The highest BCUT2D eigenvalue weighted by molar-refractivity contribution is 7.14. The van der Waals surface area contributed by atoms with Crippen molar-refractivity contribution in [3.8, 4) is 0 Å². The number of ether oxygens (including phenoxy) is 1. The minimum Gasteiger partial charge on any atom is -0.477 e. The Morgan fingerprint density at radius 2 is 2.04 bits per heavy atom. The molecule has 7 heteroatoms. The molecule has 126 valence electrons. The molecule has 3 aliphatic rings. The molecular weight excluding hydrogens is 318 g/mol. The maximum Gasteiger partial charge on any atom is 0.345 e. The van der Waals surface area contributed by atoms with Crippen molar-refractivity contribution in [1.82, 2.24) is 5.32 Å². The van der Waals surface area contributed by atoms with Gasteiger partial charge in [0, 0.05) is 16.8 Å². The molecule has 0 radical (unpaired) electrons. The molecule has 0 aromatic carbocycles. The van der Waals surface area contributed by atoms with Crippen LogP contribution < -0.4 is 5.32 Å². The topological polar surface area (TPSA) is 95.9 Å². The predicted molar refractivity (Wildman–Crippen MR) is 85.0 cm³/mol. The third kappa shape index (κ3) is 3.00. The van der Waals surface area contributed by atoms with E-state index in [1.54, 1.807) is 6.92 Å². The summed E-state index contributed by atoms with van der Waals surface area (Å²) in [6.07, 6.45) is 3.49. The lowest BCUT2D eigenvalue weighted by Crippen LogP contribution is -2.56. The van der Waals surface area contributed by atoms with Crippen LogP contribution in [0.3, 0.4) is 0 Å². The lowest BCUT2D eigenvalue weighted by Gasteiger charge is -2.52. The minimum atomic E-state index is -1.01. The van der Waals surface area contributed by atoms with Crippen molar-refractivity contribution in [2.75, 3.05) is 19.8 Å². The van der Waals surface area contributed by atoms with Crippen LogP contribution in [0.25, 0.3) is 0 Å². The van der Waals surface area contributed by atoms with E-state index in [1.165, 1.54) is 6.07 Å². The van der Waals surface area contributed by atoms with Gasteiger partial charge in [-0.15, -0.1) is 11.3 Å². The molecule has 1 saturated carbocycles. The number of nitrogens with one attached hydrogen (secondary N) is 1. The third-order valence-electron chi connectivity index (χ3n) is 5.19. The average Bonchev–Trinajstić information content (AvgIpc) is 2.97. The molecule has 6 nitrogen and oxygen atoms in total. The number of aryl methyl sites for hydroxylation is 1. The molecular formula is C16H21NO5S. The van der Waals surface area contributed by atoms with Gasteiger partial charge >= 0.3 is 5.97 Å². The van der Waals surface area contributed by atoms with Crippen LogP contribution in [0.4, 0.5) is 0 Å². The lowest BCUT2D eigenvalue weighted by atomic mass is 9.66. The van der Waals surface area contributed by atoms with Gasteiger partial charge in [0.25, 0.3) is 5.91 Å². The van der Waals surface area contributed by atoms with Crippen molar-refractivity contribution in [1.29, 1.82) is 0 Å². The summed E-state index contributed by atoms with van der Waals surface area (Å²) in [6, 6.07) is 1.43. The highest BCUT2D eigenvalue weighted by Crippen LogP contribution is 2.48. The zero-order valence-corrected chi connectivity index (χ0v) is 13.9. The number of hydrogen-bond acceptors (Lipinski definition) is 5. The number of rotatable bonds is 5. The Morgan fingerprint density at radius 1 is 1.35 bits per heavy atom. The summed E-state index contributed by atoms with van der Waals surface area (Å²) in [5.74, 6) is -1.24. The van der Waals surface area contributed by atoms with E-state index in [-0.39, 0.29) is 28.4 Å². The molecule has 4 rings (SSSR count). The van der Waals surface area contributed by atoms with Gasteiger partial charge in [-0.2, -0.15) is 0 Å². The third-order valence-corrected chi connectivity index (χ3v) is 6.23. The minimum absolute atomic E-state index is 0.0570. The van der Waals surface area contributed by atoms with Crippen LogP contribution in [-0.4, -0.2) is 47.4 Å². The molecule has 23 heavy (non-hydrogen) atoms. The second-order valence-electron chi connectivity index (χ2n) is 6.70. The van der Waals surface area contributed by atoms with Crippen LogP contribution >= 0.6 is 11.3 Å². The first kappa shape index (κ1) is 16.4. The lowest BCUT2D eigenvalue weighted by molar-refractivity contribution is -0.197. The van der Waals surface area contributed by atoms with E-state index in [1.807, 2.05) is 0 Å². The quantitative estimate of drug-likeness (QED) is 0.760. The van der Waals surface area contributed by atoms with Crippen LogP contribution in [0.5, 0.6) is 0 Å². The van der Waals surface area contributed by atoms with Crippen LogP contribution in [-0.2, 0) is 4.74 Å². The molecule has 3 fully saturated rings. The molecule has 3 heterocycles. The summed E-state index contributed by atoms with van der Waals surface area (Å²) in [5.41, 5.74) is -0.000793. The second-order valence-corrected chi connectivity index (χ2v) is 7.95. The van der Waals surface area contributed by atoms with Crippen LogP contribution in [0.1, 0.15) is 50.6 Å². The first-order valence-electron chi connectivity index (χ1n) is 7.75. The number of amides is 1. The predicted octanol–water partition coefficient (Wildman–Crippen LogP) is 1.81. The Morgan fingerprint density at radius 3 is 2.52 bits per heavy atom. The number of carbonyl (C=O) groups excluding carboxylic acids is 1. The van der Waals surface area contributed by atoms with Gasteiger partial charge in [0.15, 0.2) is 0 Å². The molecule has 1 aromatic heterocycles. The molecule has 2 bridgehead atoms. The number of hydrogen-bond donors (Lipinski definition) is 3. The number of aliphatic hydroxyl groups excluding tert-OH is 1. The Balaban J connectivity index is 1.63. The van der Waals surface area contributed by atoms with Gasteiger partial charge < -0.3 is 20.3 Å². The van der Waals surface area contributed by atoms with Gasteiger partial charge in [-0.3, -0.25) is 4.79 Å². The standard InChI is InChI=1S/C16H21NO5S/c1-10-11(6-12(23-10)14(20)21)13(19)17-7-15-2-4-16(8-18,5-3-15)22-9-15/h6,18H,2-5,7-9H2,1H3,(H,17,19)(H,20,21). The van der Waals surface area contributed by atoms with E-state index < -0.39 is 5.97 Å². The number of thiophene rings is 1. The maximum atomic E-state index is 12.4. The van der Waals surface area contributed by atoms with Gasteiger partial charge in [0.1, 0.15) is 4.88 Å². The summed E-state index contributed by atoms with van der Waals surface area (Å²) in [7, 11) is 0. The van der Waals surface area contributed by atoms with E-state index in [0.717, 1.165) is 37.0 Å². The fourth-order valence-electron chi connectivity index (χ4n) is 3.44. The first-order valence-corrected chi connectivity index (χ1v) is 8.57. The first-order chi connectivity index (χ1) is 10.9. The van der Waals surface area contributed by atoms with Crippen LogP contribution in [0.15, 0.2) is 6.07 Å². The fourth-order valence-corrected chi connectivity index (χ4v) is 4.29. The molecule has 2 saturated heterocycles. The number of fused-ring (bicyclic) bond motifs is 3. The zero-order chi connectivity index (χ0) is 16.7. The second kappa shape index (κ2) is 5.89. The monoisotopic (exact) mass is 339 g/mol. The van der Waals surface area contributed by atoms with Crippen LogP contribution in [0.2, 0.25) is 0 Å². The van der Waals surface area contributed by atoms with Gasteiger partial charge in [0.05, 0.1) is 24.4 Å². The molecule has 1 aromatic rings.